The Bertz CT molecular complexity index is 483. The summed E-state index contributed by atoms with van der Waals surface area (Å²) in [6, 6.07) is 6.80. The highest BCUT2D eigenvalue weighted by Gasteiger charge is 2.12. The number of nitriles is 1. The largest absolute Gasteiger partial charge is 0.497 e. The molecule has 1 rings (SSSR count). The zero-order valence-corrected chi connectivity index (χ0v) is 11.8. The zero-order valence-electron chi connectivity index (χ0n) is 11.1. The molecule has 1 N–H and O–H groups in total. The van der Waals surface area contributed by atoms with Crippen LogP contribution < -0.4 is 10.1 Å². The number of carbonyl (C=O) groups excluding carboxylic acids is 1. The Balaban J connectivity index is 2.64. The van der Waals surface area contributed by atoms with Crippen molar-refractivity contribution < 1.29 is 9.53 Å². The van der Waals surface area contributed by atoms with E-state index in [9.17, 15) is 4.79 Å². The third-order valence-corrected chi connectivity index (χ3v) is 3.03. The molecule has 0 bridgehead atoms. The lowest BCUT2D eigenvalue weighted by molar-refractivity contribution is -0.120. The monoisotopic (exact) mass is 280 g/mol. The van der Waals surface area contributed by atoms with Gasteiger partial charge in [0.25, 0.3) is 0 Å². The van der Waals surface area contributed by atoms with Crippen molar-refractivity contribution in [3.63, 3.8) is 0 Å². The quantitative estimate of drug-likeness (QED) is 0.871. The van der Waals surface area contributed by atoms with Gasteiger partial charge in [0.1, 0.15) is 11.8 Å². The van der Waals surface area contributed by atoms with Gasteiger partial charge in [0.2, 0.25) is 5.91 Å². The molecule has 102 valence electrons. The molecule has 4 nitrogen and oxygen atoms in total. The summed E-state index contributed by atoms with van der Waals surface area (Å²) in [4.78, 5) is 11.8. The van der Waals surface area contributed by atoms with E-state index in [2.05, 4.69) is 11.4 Å². The molecule has 0 aliphatic rings. The molecule has 19 heavy (non-hydrogen) atoms. The number of hydrogen-bond acceptors (Lipinski definition) is 3. The van der Waals surface area contributed by atoms with Crippen LogP contribution >= 0.6 is 11.6 Å². The van der Waals surface area contributed by atoms with E-state index in [1.165, 1.54) is 0 Å². The van der Waals surface area contributed by atoms with E-state index in [1.54, 1.807) is 25.3 Å². The first-order valence-corrected chi connectivity index (χ1v) is 6.49. The van der Waals surface area contributed by atoms with Crippen LogP contribution in [0.1, 0.15) is 25.3 Å². The maximum absolute atomic E-state index is 11.8. The number of rotatable bonds is 6. The Labute approximate surface area is 118 Å². The van der Waals surface area contributed by atoms with Crippen LogP contribution in [-0.2, 0) is 11.2 Å². The first-order chi connectivity index (χ1) is 9.10. The molecule has 0 aliphatic heterocycles. The second-order valence-corrected chi connectivity index (χ2v) is 4.58. The van der Waals surface area contributed by atoms with Crippen molar-refractivity contribution >= 4 is 17.5 Å². The number of nitrogens with one attached hydrogen (secondary N) is 1. The summed E-state index contributed by atoms with van der Waals surface area (Å²) in [5, 5.41) is 12.1. The average Bonchev–Trinajstić information content (AvgIpc) is 2.40. The minimum atomic E-state index is -0.436. The third kappa shape index (κ3) is 4.80. The topological polar surface area (TPSA) is 62.1 Å². The van der Waals surface area contributed by atoms with Crippen molar-refractivity contribution in [3.8, 4) is 11.8 Å². The predicted octanol–water partition coefficient (Wildman–Crippen LogP) is 2.70. The van der Waals surface area contributed by atoms with E-state index >= 15 is 0 Å². The number of benzene rings is 1. The predicted molar refractivity (Wildman–Crippen MR) is 74.2 cm³/mol. The van der Waals surface area contributed by atoms with Gasteiger partial charge in [-0.2, -0.15) is 5.26 Å². The molecule has 0 radical (unpaired) electrons. The summed E-state index contributed by atoms with van der Waals surface area (Å²) in [5.74, 6) is 0.446. The van der Waals surface area contributed by atoms with Crippen molar-refractivity contribution in [2.24, 2.45) is 0 Å². The smallest absolute Gasteiger partial charge is 0.225 e. The van der Waals surface area contributed by atoms with Crippen molar-refractivity contribution in [1.29, 1.82) is 5.26 Å². The third-order valence-electron chi connectivity index (χ3n) is 2.68. The van der Waals surface area contributed by atoms with Crippen molar-refractivity contribution in [1.82, 2.24) is 5.32 Å². The van der Waals surface area contributed by atoms with Gasteiger partial charge in [-0.05, 0) is 24.1 Å². The highest BCUT2D eigenvalue weighted by Crippen LogP contribution is 2.22. The van der Waals surface area contributed by atoms with E-state index in [-0.39, 0.29) is 12.3 Å². The van der Waals surface area contributed by atoms with E-state index < -0.39 is 6.04 Å². The van der Waals surface area contributed by atoms with Gasteiger partial charge in [0.15, 0.2) is 0 Å². The van der Waals surface area contributed by atoms with Crippen LogP contribution in [0.2, 0.25) is 5.02 Å². The van der Waals surface area contributed by atoms with Crippen LogP contribution in [0.25, 0.3) is 0 Å². The molecule has 0 spiro atoms. The highest BCUT2D eigenvalue weighted by atomic mass is 35.5. The van der Waals surface area contributed by atoms with Crippen molar-refractivity contribution in [2.75, 3.05) is 7.11 Å². The second kappa shape index (κ2) is 7.65. The van der Waals surface area contributed by atoms with Gasteiger partial charge in [0, 0.05) is 5.02 Å². The lowest BCUT2D eigenvalue weighted by Gasteiger charge is -2.11. The van der Waals surface area contributed by atoms with E-state index in [0.717, 1.165) is 6.42 Å². The number of hydrogen-bond donors (Lipinski definition) is 1. The van der Waals surface area contributed by atoms with Crippen LogP contribution in [0.4, 0.5) is 0 Å². The molecule has 0 fully saturated rings. The normalized spacial score (nSPS) is 11.5. The van der Waals surface area contributed by atoms with Gasteiger partial charge in [0.05, 0.1) is 19.6 Å². The highest BCUT2D eigenvalue weighted by molar-refractivity contribution is 6.31. The summed E-state index contributed by atoms with van der Waals surface area (Å²) in [6.45, 7) is 1.97. The van der Waals surface area contributed by atoms with Gasteiger partial charge >= 0.3 is 0 Å². The molecule has 1 amide bonds. The minimum Gasteiger partial charge on any atom is -0.497 e. The van der Waals surface area contributed by atoms with Crippen LogP contribution in [0, 0.1) is 11.3 Å². The number of methoxy groups -OCH3 is 1. The summed E-state index contributed by atoms with van der Waals surface area (Å²) >= 11 is 6.06. The van der Waals surface area contributed by atoms with Crippen LogP contribution in [0.5, 0.6) is 5.75 Å². The minimum absolute atomic E-state index is 0.157. The molecule has 0 aromatic heterocycles. The Morgan fingerprint density at radius 2 is 2.32 bits per heavy atom. The summed E-state index contributed by atoms with van der Waals surface area (Å²) < 4.78 is 5.04. The molecule has 1 aromatic carbocycles. The molecule has 0 heterocycles. The Morgan fingerprint density at radius 3 is 2.84 bits per heavy atom. The lowest BCUT2D eigenvalue weighted by atomic mass is 10.1. The number of amides is 1. The fraction of sp³-hybridized carbons (Fsp3) is 0.429. The lowest BCUT2D eigenvalue weighted by Crippen LogP contribution is -2.34. The fourth-order valence-corrected chi connectivity index (χ4v) is 1.91. The summed E-state index contributed by atoms with van der Waals surface area (Å²) in [6.07, 6.45) is 1.66. The molecule has 0 saturated carbocycles. The first-order valence-electron chi connectivity index (χ1n) is 6.12. The SMILES string of the molecule is CCC[C@@H](C#N)NC(=O)Cc1ccc(OC)cc1Cl. The Morgan fingerprint density at radius 1 is 1.58 bits per heavy atom. The molecule has 0 aliphatic carbocycles. The van der Waals surface area contributed by atoms with Gasteiger partial charge < -0.3 is 10.1 Å². The van der Waals surface area contributed by atoms with E-state index in [4.69, 9.17) is 21.6 Å². The standard InChI is InChI=1S/C14H17ClN2O2/c1-3-4-11(9-16)17-14(18)7-10-5-6-12(19-2)8-13(10)15/h5-6,8,11H,3-4,7H2,1-2H3,(H,17,18)/t11-/m0/s1. The van der Waals surface area contributed by atoms with Crippen LogP contribution in [-0.4, -0.2) is 19.1 Å². The number of nitrogens with zero attached hydrogens (tertiary/aromatic N) is 1. The van der Waals surface area contributed by atoms with Gasteiger partial charge in [-0.1, -0.05) is 31.0 Å². The molecule has 5 heteroatoms. The van der Waals surface area contributed by atoms with Crippen LogP contribution in [0.3, 0.4) is 0 Å². The zero-order chi connectivity index (χ0) is 14.3. The second-order valence-electron chi connectivity index (χ2n) is 4.17. The first kappa shape index (κ1) is 15.3. The van der Waals surface area contributed by atoms with Crippen LogP contribution in [0.15, 0.2) is 18.2 Å². The van der Waals surface area contributed by atoms with Crippen molar-refractivity contribution in [3.05, 3.63) is 28.8 Å². The Hall–Kier alpha value is -1.73. The number of carbonyl (C=O) groups is 1. The van der Waals surface area contributed by atoms with Gasteiger partial charge in [-0.3, -0.25) is 4.79 Å². The maximum Gasteiger partial charge on any atom is 0.225 e. The summed E-state index contributed by atoms with van der Waals surface area (Å²) in [7, 11) is 1.56. The van der Waals surface area contributed by atoms with Crippen molar-refractivity contribution in [2.45, 2.75) is 32.2 Å². The molecule has 1 aromatic rings. The Kier molecular flexibility index (Phi) is 6.17. The van der Waals surface area contributed by atoms with Gasteiger partial charge in [-0.25, -0.2) is 0 Å². The molecular weight excluding hydrogens is 264 g/mol. The van der Waals surface area contributed by atoms with Gasteiger partial charge in [-0.15, -0.1) is 0 Å². The molecule has 0 unspecified atom stereocenters. The molecular formula is C14H17ClN2O2. The number of ether oxygens (including phenoxy) is 1. The fourth-order valence-electron chi connectivity index (χ4n) is 1.67. The maximum atomic E-state index is 11.8. The molecule has 1 atom stereocenters. The van der Waals surface area contributed by atoms with E-state index in [0.29, 0.717) is 22.8 Å². The average molecular weight is 281 g/mol. The molecule has 0 saturated heterocycles. The number of halogens is 1. The summed E-state index contributed by atoms with van der Waals surface area (Å²) in [5.41, 5.74) is 0.716. The van der Waals surface area contributed by atoms with E-state index in [1.807, 2.05) is 6.92 Å².